The number of hydrogen-bond donors (Lipinski definition) is 0. The maximum absolute atomic E-state index is 13.1. The van der Waals surface area contributed by atoms with Crippen molar-refractivity contribution in [1.29, 1.82) is 0 Å². The fraction of sp³-hybridized carbons (Fsp3) is 0.250. The van der Waals surface area contributed by atoms with E-state index in [2.05, 4.69) is 15.9 Å². The predicted molar refractivity (Wildman–Crippen MR) is 93.5 cm³/mol. The molecule has 0 radical (unpaired) electrons. The molecule has 0 fully saturated rings. The zero-order valence-electron chi connectivity index (χ0n) is 13.2. The van der Waals surface area contributed by atoms with Gasteiger partial charge in [0.1, 0.15) is 10.6 Å². The summed E-state index contributed by atoms with van der Waals surface area (Å²) in [5.74, 6) is 1.42. The van der Waals surface area contributed by atoms with E-state index in [0.29, 0.717) is 21.7 Å². The molecule has 0 aromatic heterocycles. The zero-order chi connectivity index (χ0) is 17.3. The molecule has 0 atom stereocenters. The zero-order valence-corrected chi connectivity index (χ0v) is 15.6. The van der Waals surface area contributed by atoms with Gasteiger partial charge in [-0.1, -0.05) is 15.9 Å². The number of rotatable bonds is 5. The maximum Gasteiger partial charge on any atom is 0.268 e. The first-order valence-electron chi connectivity index (χ1n) is 7.23. The number of ether oxygens (including phenoxy) is 3. The third-order valence-electron chi connectivity index (χ3n) is 3.63. The standard InChI is InChI=1S/C16H16BrNO5S/c1-3-18(12-5-7-13-15(9-12)23-10-22-13)24(19,20)16-8-11(17)4-6-14(16)21-2/h4-9H,3,10H2,1-2H3. The fourth-order valence-corrected chi connectivity index (χ4v) is 4.67. The maximum atomic E-state index is 13.1. The minimum atomic E-state index is -3.80. The third kappa shape index (κ3) is 2.91. The lowest BCUT2D eigenvalue weighted by molar-refractivity contribution is 0.174. The summed E-state index contributed by atoms with van der Waals surface area (Å²) in [6.45, 7) is 2.17. The minimum absolute atomic E-state index is 0.0962. The second kappa shape index (κ2) is 6.52. The summed E-state index contributed by atoms with van der Waals surface area (Å²) in [6, 6.07) is 9.93. The van der Waals surface area contributed by atoms with E-state index in [9.17, 15) is 8.42 Å². The van der Waals surface area contributed by atoms with Crippen molar-refractivity contribution in [2.45, 2.75) is 11.8 Å². The molecule has 6 nitrogen and oxygen atoms in total. The normalized spacial score (nSPS) is 13.0. The summed E-state index contributed by atoms with van der Waals surface area (Å²) >= 11 is 3.31. The van der Waals surface area contributed by atoms with E-state index in [4.69, 9.17) is 14.2 Å². The number of halogens is 1. The average Bonchev–Trinajstić information content (AvgIpc) is 3.03. The van der Waals surface area contributed by atoms with Crippen molar-refractivity contribution < 1.29 is 22.6 Å². The number of benzene rings is 2. The molecule has 1 aliphatic heterocycles. The van der Waals surface area contributed by atoms with E-state index in [0.717, 1.165) is 0 Å². The molecule has 3 rings (SSSR count). The SMILES string of the molecule is CCN(c1ccc2c(c1)OCO2)S(=O)(=O)c1cc(Br)ccc1OC. The lowest BCUT2D eigenvalue weighted by Gasteiger charge is -2.24. The van der Waals surface area contributed by atoms with Gasteiger partial charge in [-0.3, -0.25) is 4.31 Å². The summed E-state index contributed by atoms with van der Waals surface area (Å²) in [5.41, 5.74) is 0.503. The van der Waals surface area contributed by atoms with Crippen LogP contribution in [0.25, 0.3) is 0 Å². The van der Waals surface area contributed by atoms with Crippen molar-refractivity contribution in [2.24, 2.45) is 0 Å². The highest BCUT2D eigenvalue weighted by atomic mass is 79.9. The molecule has 2 aromatic carbocycles. The topological polar surface area (TPSA) is 65.1 Å². The number of nitrogens with zero attached hydrogens (tertiary/aromatic N) is 1. The summed E-state index contributed by atoms with van der Waals surface area (Å²) < 4.78 is 44.1. The van der Waals surface area contributed by atoms with Crippen LogP contribution in [0.1, 0.15) is 6.92 Å². The molecule has 128 valence electrons. The molecule has 0 N–H and O–H groups in total. The van der Waals surface area contributed by atoms with Crippen LogP contribution < -0.4 is 18.5 Å². The Morgan fingerprint density at radius 2 is 1.92 bits per heavy atom. The highest BCUT2D eigenvalue weighted by molar-refractivity contribution is 9.10. The van der Waals surface area contributed by atoms with Gasteiger partial charge in [0.2, 0.25) is 6.79 Å². The molecular formula is C16H16BrNO5S. The molecule has 0 amide bonds. The minimum Gasteiger partial charge on any atom is -0.495 e. The highest BCUT2D eigenvalue weighted by Crippen LogP contribution is 2.38. The smallest absolute Gasteiger partial charge is 0.268 e. The number of hydrogen-bond acceptors (Lipinski definition) is 5. The summed E-state index contributed by atoms with van der Waals surface area (Å²) in [6.07, 6.45) is 0. The van der Waals surface area contributed by atoms with Crippen LogP contribution in [-0.2, 0) is 10.0 Å². The summed E-state index contributed by atoms with van der Waals surface area (Å²) in [5, 5.41) is 0. The van der Waals surface area contributed by atoms with Gasteiger partial charge in [0.25, 0.3) is 10.0 Å². The first-order chi connectivity index (χ1) is 11.5. The molecule has 0 unspecified atom stereocenters. The van der Waals surface area contributed by atoms with Crippen LogP contribution in [0.4, 0.5) is 5.69 Å². The first kappa shape index (κ1) is 16.9. The van der Waals surface area contributed by atoms with Crippen molar-refractivity contribution in [3.8, 4) is 17.2 Å². The molecule has 2 aromatic rings. The molecule has 24 heavy (non-hydrogen) atoms. The van der Waals surface area contributed by atoms with Crippen LogP contribution in [0.5, 0.6) is 17.2 Å². The van der Waals surface area contributed by atoms with Gasteiger partial charge >= 0.3 is 0 Å². The van der Waals surface area contributed by atoms with Crippen molar-refractivity contribution in [3.63, 3.8) is 0 Å². The monoisotopic (exact) mass is 413 g/mol. The molecule has 0 spiro atoms. The molecule has 1 heterocycles. The molecular weight excluding hydrogens is 398 g/mol. The third-order valence-corrected chi connectivity index (χ3v) is 6.04. The van der Waals surface area contributed by atoms with Gasteiger partial charge in [0.05, 0.1) is 12.8 Å². The Bertz CT molecular complexity index is 869. The molecule has 0 saturated heterocycles. The van der Waals surface area contributed by atoms with E-state index in [1.807, 2.05) is 0 Å². The van der Waals surface area contributed by atoms with E-state index in [1.54, 1.807) is 37.3 Å². The van der Waals surface area contributed by atoms with E-state index in [1.165, 1.54) is 17.5 Å². The number of sulfonamides is 1. The van der Waals surface area contributed by atoms with E-state index in [-0.39, 0.29) is 24.0 Å². The Balaban J connectivity index is 2.08. The van der Waals surface area contributed by atoms with Crippen LogP contribution in [0.3, 0.4) is 0 Å². The number of methoxy groups -OCH3 is 1. The number of fused-ring (bicyclic) bond motifs is 1. The van der Waals surface area contributed by atoms with Crippen LogP contribution in [0.2, 0.25) is 0 Å². The first-order valence-corrected chi connectivity index (χ1v) is 9.46. The molecule has 1 aliphatic rings. The van der Waals surface area contributed by atoms with Crippen LogP contribution >= 0.6 is 15.9 Å². The quantitative estimate of drug-likeness (QED) is 0.751. The van der Waals surface area contributed by atoms with Crippen molar-refractivity contribution in [2.75, 3.05) is 24.8 Å². The molecule has 8 heteroatoms. The van der Waals surface area contributed by atoms with Crippen molar-refractivity contribution >= 4 is 31.6 Å². The number of anilines is 1. The van der Waals surface area contributed by atoms with Gasteiger partial charge < -0.3 is 14.2 Å². The predicted octanol–water partition coefficient (Wildman–Crippen LogP) is 3.40. The Morgan fingerprint density at radius 1 is 1.17 bits per heavy atom. The lowest BCUT2D eigenvalue weighted by Crippen LogP contribution is -2.31. The summed E-state index contributed by atoms with van der Waals surface area (Å²) in [7, 11) is -2.36. The van der Waals surface area contributed by atoms with Crippen LogP contribution in [0, 0.1) is 0 Å². The molecule has 0 saturated carbocycles. The second-order valence-corrected chi connectivity index (χ2v) is 7.75. The highest BCUT2D eigenvalue weighted by Gasteiger charge is 2.28. The Morgan fingerprint density at radius 3 is 2.62 bits per heavy atom. The largest absolute Gasteiger partial charge is 0.495 e. The van der Waals surface area contributed by atoms with Crippen molar-refractivity contribution in [3.05, 3.63) is 40.9 Å². The Hall–Kier alpha value is -1.93. The fourth-order valence-electron chi connectivity index (χ4n) is 2.50. The van der Waals surface area contributed by atoms with E-state index < -0.39 is 10.0 Å². The Labute approximate surface area is 149 Å². The second-order valence-electron chi connectivity index (χ2n) is 5.00. The van der Waals surface area contributed by atoms with Gasteiger partial charge in [-0.05, 0) is 37.3 Å². The molecule has 0 bridgehead atoms. The van der Waals surface area contributed by atoms with Gasteiger partial charge in [0, 0.05) is 17.1 Å². The van der Waals surface area contributed by atoms with Crippen LogP contribution in [0.15, 0.2) is 45.8 Å². The van der Waals surface area contributed by atoms with Crippen LogP contribution in [-0.4, -0.2) is 28.9 Å². The van der Waals surface area contributed by atoms with E-state index >= 15 is 0 Å². The molecule has 0 aliphatic carbocycles. The van der Waals surface area contributed by atoms with Gasteiger partial charge in [-0.2, -0.15) is 0 Å². The Kier molecular flexibility index (Phi) is 4.60. The summed E-state index contributed by atoms with van der Waals surface area (Å²) in [4.78, 5) is 0.0962. The van der Waals surface area contributed by atoms with Gasteiger partial charge in [-0.15, -0.1) is 0 Å². The lowest BCUT2D eigenvalue weighted by atomic mass is 10.3. The average molecular weight is 414 g/mol. The van der Waals surface area contributed by atoms with Gasteiger partial charge in [0.15, 0.2) is 11.5 Å². The van der Waals surface area contributed by atoms with Crippen molar-refractivity contribution in [1.82, 2.24) is 0 Å². The van der Waals surface area contributed by atoms with Gasteiger partial charge in [-0.25, -0.2) is 8.42 Å².